The molecule has 1 aliphatic carbocycles. The molecule has 0 fully saturated rings. The number of methoxy groups -OCH3 is 1. The number of rotatable bonds is 2. The Morgan fingerprint density at radius 3 is 2.65 bits per heavy atom. The molecule has 0 amide bonds. The van der Waals surface area contributed by atoms with E-state index in [1.54, 1.807) is 13.0 Å². The Bertz CT molecular complexity index is 850. The molecule has 0 aromatic heterocycles. The molecule has 6 heteroatoms. The molecule has 1 aromatic rings. The van der Waals surface area contributed by atoms with Crippen LogP contribution in [0.1, 0.15) is 45.1 Å². The van der Waals surface area contributed by atoms with Crippen molar-refractivity contribution in [2.45, 2.75) is 39.5 Å². The SMILES string of the molecule is COC(=O)C1=C(C)NC2=C(C(=O)CC(C)(C)C2)C1c1c(F)cccc1Cl. The molecule has 2 aliphatic rings. The predicted molar refractivity (Wildman–Crippen MR) is 97.1 cm³/mol. The average Bonchev–Trinajstić information content (AvgIpc) is 2.52. The summed E-state index contributed by atoms with van der Waals surface area (Å²) in [7, 11) is 1.26. The van der Waals surface area contributed by atoms with Gasteiger partial charge in [-0.25, -0.2) is 9.18 Å². The lowest BCUT2D eigenvalue weighted by molar-refractivity contribution is -0.136. The van der Waals surface area contributed by atoms with E-state index in [0.717, 1.165) is 5.70 Å². The predicted octanol–water partition coefficient (Wildman–Crippen LogP) is 4.26. The van der Waals surface area contributed by atoms with Gasteiger partial charge in [0.15, 0.2) is 5.78 Å². The lowest BCUT2D eigenvalue weighted by atomic mass is 9.68. The minimum atomic E-state index is -0.879. The summed E-state index contributed by atoms with van der Waals surface area (Å²) in [4.78, 5) is 25.4. The maximum absolute atomic E-state index is 14.7. The van der Waals surface area contributed by atoms with Crippen LogP contribution in [0.4, 0.5) is 4.39 Å². The van der Waals surface area contributed by atoms with Crippen LogP contribution < -0.4 is 5.32 Å². The molecule has 0 saturated carbocycles. The zero-order chi connectivity index (χ0) is 19.2. The third-order valence-corrected chi connectivity index (χ3v) is 5.26. The molecule has 1 N–H and O–H groups in total. The number of carbonyl (C=O) groups excluding carboxylic acids is 2. The van der Waals surface area contributed by atoms with E-state index in [9.17, 15) is 14.0 Å². The van der Waals surface area contributed by atoms with Crippen molar-refractivity contribution in [3.05, 3.63) is 57.1 Å². The lowest BCUT2D eigenvalue weighted by Crippen LogP contribution is -2.38. The van der Waals surface area contributed by atoms with Crippen LogP contribution in [0.25, 0.3) is 0 Å². The summed E-state index contributed by atoms with van der Waals surface area (Å²) in [6.07, 6.45) is 0.950. The number of Topliss-reactive ketones (excluding diaryl/α,β-unsaturated/α-hetero) is 1. The fourth-order valence-corrected chi connectivity index (χ4v) is 4.16. The summed E-state index contributed by atoms with van der Waals surface area (Å²) >= 11 is 6.29. The Balaban J connectivity index is 2.29. The van der Waals surface area contributed by atoms with Gasteiger partial charge < -0.3 is 10.1 Å². The first-order valence-electron chi connectivity index (χ1n) is 8.42. The largest absolute Gasteiger partial charge is 0.466 e. The fourth-order valence-electron chi connectivity index (χ4n) is 3.89. The second-order valence-electron chi connectivity index (χ2n) is 7.56. The number of benzene rings is 1. The van der Waals surface area contributed by atoms with Gasteiger partial charge in [-0.05, 0) is 30.9 Å². The Morgan fingerprint density at radius 1 is 1.35 bits per heavy atom. The maximum Gasteiger partial charge on any atom is 0.336 e. The molecule has 0 spiro atoms. The van der Waals surface area contributed by atoms with Gasteiger partial charge in [0.1, 0.15) is 5.82 Å². The Morgan fingerprint density at radius 2 is 2.04 bits per heavy atom. The minimum Gasteiger partial charge on any atom is -0.466 e. The highest BCUT2D eigenvalue weighted by Gasteiger charge is 2.44. The monoisotopic (exact) mass is 377 g/mol. The van der Waals surface area contributed by atoms with Gasteiger partial charge in [0.05, 0.1) is 18.6 Å². The van der Waals surface area contributed by atoms with E-state index in [-0.39, 0.29) is 27.4 Å². The fraction of sp³-hybridized carbons (Fsp3) is 0.400. The number of nitrogens with one attached hydrogen (secondary N) is 1. The molecule has 1 aliphatic heterocycles. The number of dihydropyridines is 1. The lowest BCUT2D eigenvalue weighted by Gasteiger charge is -2.39. The topological polar surface area (TPSA) is 55.4 Å². The second-order valence-corrected chi connectivity index (χ2v) is 7.96. The number of carbonyl (C=O) groups is 2. The highest BCUT2D eigenvalue weighted by atomic mass is 35.5. The highest BCUT2D eigenvalue weighted by Crippen LogP contribution is 2.48. The molecule has 0 radical (unpaired) electrons. The third kappa shape index (κ3) is 3.05. The zero-order valence-corrected chi connectivity index (χ0v) is 16.0. The quantitative estimate of drug-likeness (QED) is 0.782. The molecule has 0 bridgehead atoms. The first-order valence-corrected chi connectivity index (χ1v) is 8.80. The van der Waals surface area contributed by atoms with Gasteiger partial charge in [0.2, 0.25) is 0 Å². The Hall–Kier alpha value is -2.14. The van der Waals surface area contributed by atoms with E-state index in [1.807, 2.05) is 13.8 Å². The number of esters is 1. The normalized spacial score (nSPS) is 22.1. The molecular weight excluding hydrogens is 357 g/mol. The summed E-state index contributed by atoms with van der Waals surface area (Å²) in [6.45, 7) is 5.75. The Labute approximate surface area is 157 Å². The molecule has 0 saturated heterocycles. The summed E-state index contributed by atoms with van der Waals surface area (Å²) in [5, 5.41) is 3.36. The number of allylic oxidation sites excluding steroid dienone is 3. The van der Waals surface area contributed by atoms with Crippen LogP contribution in [0.5, 0.6) is 0 Å². The number of halogens is 2. The van der Waals surface area contributed by atoms with E-state index in [1.165, 1.54) is 19.2 Å². The number of ether oxygens (including phenoxy) is 1. The molecule has 3 rings (SSSR count). The van der Waals surface area contributed by atoms with Gasteiger partial charge in [-0.2, -0.15) is 0 Å². The second kappa shape index (κ2) is 6.54. The molecule has 1 atom stereocenters. The van der Waals surface area contributed by atoms with E-state index in [0.29, 0.717) is 24.1 Å². The summed E-state index contributed by atoms with van der Waals surface area (Å²) in [5.74, 6) is -2.15. The number of hydrogen-bond donors (Lipinski definition) is 1. The van der Waals surface area contributed by atoms with Crippen LogP contribution >= 0.6 is 11.6 Å². The van der Waals surface area contributed by atoms with Crippen molar-refractivity contribution < 1.29 is 18.7 Å². The molecule has 1 unspecified atom stereocenters. The van der Waals surface area contributed by atoms with Crippen LogP contribution in [0.3, 0.4) is 0 Å². The minimum absolute atomic E-state index is 0.109. The molecule has 26 heavy (non-hydrogen) atoms. The van der Waals surface area contributed by atoms with Gasteiger partial charge >= 0.3 is 5.97 Å². The van der Waals surface area contributed by atoms with Crippen molar-refractivity contribution in [3.63, 3.8) is 0 Å². The van der Waals surface area contributed by atoms with Gasteiger partial charge in [-0.3, -0.25) is 4.79 Å². The van der Waals surface area contributed by atoms with Gasteiger partial charge in [0.25, 0.3) is 0 Å². The average molecular weight is 378 g/mol. The third-order valence-electron chi connectivity index (χ3n) is 4.93. The maximum atomic E-state index is 14.7. The molecule has 4 nitrogen and oxygen atoms in total. The zero-order valence-electron chi connectivity index (χ0n) is 15.2. The van der Waals surface area contributed by atoms with Crippen LogP contribution in [-0.4, -0.2) is 18.9 Å². The summed E-state index contributed by atoms with van der Waals surface area (Å²) < 4.78 is 19.6. The van der Waals surface area contributed by atoms with Crippen molar-refractivity contribution in [2.75, 3.05) is 7.11 Å². The van der Waals surface area contributed by atoms with Crippen molar-refractivity contribution in [1.82, 2.24) is 5.32 Å². The van der Waals surface area contributed by atoms with Crippen LogP contribution in [0, 0.1) is 11.2 Å². The molecule has 1 aromatic carbocycles. The molecule has 1 heterocycles. The first kappa shape index (κ1) is 18.6. The van der Waals surface area contributed by atoms with E-state index in [4.69, 9.17) is 16.3 Å². The van der Waals surface area contributed by atoms with E-state index < -0.39 is 17.7 Å². The number of hydrogen-bond acceptors (Lipinski definition) is 4. The van der Waals surface area contributed by atoms with Gasteiger partial charge in [-0.1, -0.05) is 31.5 Å². The standard InChI is InChI=1S/C20H21ClFNO3/c1-10-15(19(25)26-4)18(16-11(21)6-5-7-12(16)22)17-13(23-10)8-20(2,3)9-14(17)24/h5-7,18,23H,8-9H2,1-4H3. The molecular formula is C20H21ClFNO3. The van der Waals surface area contributed by atoms with E-state index in [2.05, 4.69) is 5.32 Å². The summed E-state index contributed by atoms with van der Waals surface area (Å²) in [5.41, 5.74) is 1.81. The smallest absolute Gasteiger partial charge is 0.336 e. The van der Waals surface area contributed by atoms with Crippen molar-refractivity contribution >= 4 is 23.4 Å². The Kier molecular flexibility index (Phi) is 4.69. The van der Waals surface area contributed by atoms with Crippen molar-refractivity contribution in [2.24, 2.45) is 5.41 Å². The van der Waals surface area contributed by atoms with Crippen LogP contribution in [0.2, 0.25) is 5.02 Å². The van der Waals surface area contributed by atoms with E-state index >= 15 is 0 Å². The van der Waals surface area contributed by atoms with Gasteiger partial charge in [-0.15, -0.1) is 0 Å². The number of ketones is 1. The van der Waals surface area contributed by atoms with Crippen molar-refractivity contribution in [1.29, 1.82) is 0 Å². The molecule has 138 valence electrons. The summed E-state index contributed by atoms with van der Waals surface area (Å²) in [6, 6.07) is 4.34. The first-order chi connectivity index (χ1) is 12.2. The van der Waals surface area contributed by atoms with Crippen molar-refractivity contribution in [3.8, 4) is 0 Å². The highest BCUT2D eigenvalue weighted by molar-refractivity contribution is 6.31. The van der Waals surface area contributed by atoms with Crippen LogP contribution in [0.15, 0.2) is 40.7 Å². The van der Waals surface area contributed by atoms with Gasteiger partial charge in [0, 0.05) is 34.0 Å². The van der Waals surface area contributed by atoms with Crippen LogP contribution in [-0.2, 0) is 14.3 Å².